The molecule has 1 aromatic heterocycles. The lowest BCUT2D eigenvalue weighted by molar-refractivity contribution is -0.682. The fourth-order valence-corrected chi connectivity index (χ4v) is 4.08. The van der Waals surface area contributed by atoms with Gasteiger partial charge in [-0.3, -0.25) is 9.59 Å². The average Bonchev–Trinajstić information content (AvgIpc) is 2.96. The summed E-state index contributed by atoms with van der Waals surface area (Å²) in [5.41, 5.74) is 1.79. The van der Waals surface area contributed by atoms with Gasteiger partial charge < -0.3 is 15.4 Å². The van der Waals surface area contributed by atoms with Gasteiger partial charge in [0, 0.05) is 10.6 Å². The van der Waals surface area contributed by atoms with Gasteiger partial charge in [-0.2, -0.15) is 0 Å². The third-order valence-electron chi connectivity index (χ3n) is 4.23. The highest BCUT2D eigenvalue weighted by atomic mass is 35.5. The summed E-state index contributed by atoms with van der Waals surface area (Å²) < 4.78 is 5.08. The number of halogens is 1. The van der Waals surface area contributed by atoms with Crippen molar-refractivity contribution in [2.45, 2.75) is 33.7 Å². The number of ketones is 1. The summed E-state index contributed by atoms with van der Waals surface area (Å²) in [5, 5.41) is 5.61. The zero-order valence-electron chi connectivity index (χ0n) is 16.3. The fourth-order valence-electron chi connectivity index (χ4n) is 2.77. The number of thiophene rings is 1. The first-order chi connectivity index (χ1) is 13.2. The van der Waals surface area contributed by atoms with Crippen LogP contribution in [-0.4, -0.2) is 30.8 Å². The Morgan fingerprint density at radius 3 is 2.64 bits per heavy atom. The predicted molar refractivity (Wildman–Crippen MR) is 110 cm³/mol. The van der Waals surface area contributed by atoms with Crippen LogP contribution in [-0.2, 0) is 9.53 Å². The third-order valence-corrected chi connectivity index (χ3v) is 5.77. The molecule has 0 aliphatic carbocycles. The van der Waals surface area contributed by atoms with Crippen molar-refractivity contribution in [2.75, 3.05) is 18.5 Å². The van der Waals surface area contributed by atoms with E-state index in [1.807, 2.05) is 30.4 Å². The average molecular weight is 424 g/mol. The van der Waals surface area contributed by atoms with Crippen LogP contribution in [0.4, 0.5) is 5.00 Å². The molecule has 2 aromatic rings. The number of nitrogens with two attached hydrogens (primary N) is 1. The van der Waals surface area contributed by atoms with Gasteiger partial charge in [0.2, 0.25) is 0 Å². The summed E-state index contributed by atoms with van der Waals surface area (Å²) in [6.07, 6.45) is 0. The molecule has 0 fully saturated rings. The Morgan fingerprint density at radius 1 is 1.32 bits per heavy atom. The van der Waals surface area contributed by atoms with E-state index in [1.54, 1.807) is 19.9 Å². The van der Waals surface area contributed by atoms with Gasteiger partial charge in [0.25, 0.3) is 5.91 Å². The molecule has 1 amide bonds. The van der Waals surface area contributed by atoms with E-state index in [0.717, 1.165) is 16.9 Å². The lowest BCUT2D eigenvalue weighted by atomic mass is 10.1. The van der Waals surface area contributed by atoms with Gasteiger partial charge in [0.1, 0.15) is 11.0 Å². The first-order valence-corrected chi connectivity index (χ1v) is 10.1. The highest BCUT2D eigenvalue weighted by molar-refractivity contribution is 7.18. The van der Waals surface area contributed by atoms with Crippen molar-refractivity contribution in [2.24, 2.45) is 0 Å². The number of esters is 1. The summed E-state index contributed by atoms with van der Waals surface area (Å²) in [7, 11) is 0. The van der Waals surface area contributed by atoms with E-state index in [-0.39, 0.29) is 36.4 Å². The molecule has 6 nitrogen and oxygen atoms in total. The minimum atomic E-state index is -0.546. The number of hydrogen-bond donors (Lipinski definition) is 2. The van der Waals surface area contributed by atoms with E-state index in [1.165, 1.54) is 6.92 Å². The van der Waals surface area contributed by atoms with Crippen molar-refractivity contribution >= 4 is 45.6 Å². The molecule has 0 bridgehead atoms. The van der Waals surface area contributed by atoms with E-state index < -0.39 is 5.97 Å². The summed E-state index contributed by atoms with van der Waals surface area (Å²) in [5.74, 6) is -0.971. The van der Waals surface area contributed by atoms with Crippen LogP contribution in [0, 0.1) is 6.92 Å². The SMILES string of the molecule is CCOC(=O)c1c(NC(=O)C[NH2+][C@@H](C)c2cccc(Cl)c2)sc(C(C)=O)c1C. The Morgan fingerprint density at radius 2 is 2.04 bits per heavy atom. The number of carbonyl (C=O) groups is 3. The third kappa shape index (κ3) is 5.41. The Kier molecular flexibility index (Phi) is 7.74. The molecule has 3 N–H and O–H groups in total. The Hall–Kier alpha value is -2.22. The molecule has 0 unspecified atom stereocenters. The summed E-state index contributed by atoms with van der Waals surface area (Å²) in [4.78, 5) is 37.0. The van der Waals surface area contributed by atoms with Crippen molar-refractivity contribution in [1.82, 2.24) is 0 Å². The van der Waals surface area contributed by atoms with E-state index in [4.69, 9.17) is 16.3 Å². The standard InChI is InChI=1S/C20H23ClN2O4S/c1-5-27-20(26)17-11(2)18(13(4)24)28-19(17)23-16(25)10-22-12(3)14-7-6-8-15(21)9-14/h6-9,12,22H,5,10H2,1-4H3,(H,23,25)/p+1/t12-/m0/s1. The molecule has 8 heteroatoms. The molecule has 2 rings (SSSR count). The van der Waals surface area contributed by atoms with Gasteiger partial charge in [0.15, 0.2) is 12.3 Å². The molecule has 1 atom stereocenters. The Labute approximate surface area is 173 Å². The zero-order chi connectivity index (χ0) is 20.8. The maximum atomic E-state index is 12.4. The van der Waals surface area contributed by atoms with Crippen molar-refractivity contribution < 1.29 is 24.4 Å². The number of carbonyl (C=O) groups excluding carboxylic acids is 3. The number of Topliss-reactive ketones (excluding diaryl/α,β-unsaturated/α-hetero) is 1. The second kappa shape index (κ2) is 9.82. The van der Waals surface area contributed by atoms with E-state index in [0.29, 0.717) is 20.5 Å². The Balaban J connectivity index is 2.11. The van der Waals surface area contributed by atoms with Gasteiger partial charge >= 0.3 is 5.97 Å². The number of hydrogen-bond acceptors (Lipinski definition) is 5. The van der Waals surface area contributed by atoms with Gasteiger partial charge in [-0.15, -0.1) is 11.3 Å². The normalized spacial score (nSPS) is 11.8. The molecule has 0 aliphatic heterocycles. The highest BCUT2D eigenvalue weighted by Gasteiger charge is 2.25. The van der Waals surface area contributed by atoms with Crippen LogP contribution < -0.4 is 10.6 Å². The van der Waals surface area contributed by atoms with Crippen LogP contribution in [0.3, 0.4) is 0 Å². The zero-order valence-corrected chi connectivity index (χ0v) is 17.9. The maximum Gasteiger partial charge on any atom is 0.341 e. The first kappa shape index (κ1) is 22.1. The van der Waals surface area contributed by atoms with Crippen LogP contribution in [0.25, 0.3) is 0 Å². The summed E-state index contributed by atoms with van der Waals surface area (Å²) >= 11 is 7.11. The fraction of sp³-hybridized carbons (Fsp3) is 0.350. The maximum absolute atomic E-state index is 12.4. The Bertz CT molecular complexity index is 894. The van der Waals surface area contributed by atoms with E-state index in [9.17, 15) is 14.4 Å². The number of ether oxygens (including phenoxy) is 1. The van der Waals surface area contributed by atoms with Crippen LogP contribution in [0.15, 0.2) is 24.3 Å². The quantitative estimate of drug-likeness (QED) is 0.503. The first-order valence-electron chi connectivity index (χ1n) is 8.94. The molecule has 150 valence electrons. The summed E-state index contributed by atoms with van der Waals surface area (Å²) in [6.45, 7) is 7.16. The minimum absolute atomic E-state index is 0.0341. The van der Waals surface area contributed by atoms with Crippen molar-refractivity contribution in [1.29, 1.82) is 0 Å². The monoisotopic (exact) mass is 423 g/mol. The van der Waals surface area contributed by atoms with Crippen LogP contribution >= 0.6 is 22.9 Å². The van der Waals surface area contributed by atoms with Crippen molar-refractivity contribution in [3.63, 3.8) is 0 Å². The van der Waals surface area contributed by atoms with Gasteiger partial charge in [-0.25, -0.2) is 4.79 Å². The largest absolute Gasteiger partial charge is 0.462 e. The second-order valence-electron chi connectivity index (χ2n) is 6.37. The van der Waals surface area contributed by atoms with Gasteiger partial charge in [-0.1, -0.05) is 23.7 Å². The molecule has 0 spiro atoms. The number of anilines is 1. The number of rotatable bonds is 8. The van der Waals surface area contributed by atoms with Crippen LogP contribution in [0.5, 0.6) is 0 Å². The van der Waals surface area contributed by atoms with E-state index >= 15 is 0 Å². The minimum Gasteiger partial charge on any atom is -0.462 e. The number of nitrogens with one attached hydrogen (secondary N) is 1. The molecular weight excluding hydrogens is 400 g/mol. The van der Waals surface area contributed by atoms with Gasteiger partial charge in [0.05, 0.1) is 17.0 Å². The molecule has 1 aromatic carbocycles. The molecule has 0 saturated heterocycles. The van der Waals surface area contributed by atoms with Crippen molar-refractivity contribution in [3.8, 4) is 0 Å². The molecule has 28 heavy (non-hydrogen) atoms. The van der Waals surface area contributed by atoms with Crippen LogP contribution in [0.1, 0.15) is 58.0 Å². The van der Waals surface area contributed by atoms with Crippen molar-refractivity contribution in [3.05, 3.63) is 50.9 Å². The number of quaternary nitrogens is 1. The molecule has 1 heterocycles. The molecule has 0 saturated carbocycles. The molecule has 0 radical (unpaired) electrons. The van der Waals surface area contributed by atoms with E-state index in [2.05, 4.69) is 5.32 Å². The predicted octanol–water partition coefficient (Wildman–Crippen LogP) is 3.35. The second-order valence-corrected chi connectivity index (χ2v) is 7.83. The lowest BCUT2D eigenvalue weighted by Gasteiger charge is -2.11. The van der Waals surface area contributed by atoms with Gasteiger partial charge in [-0.05, 0) is 45.4 Å². The van der Waals surface area contributed by atoms with Crippen LogP contribution in [0.2, 0.25) is 5.02 Å². The number of amides is 1. The summed E-state index contributed by atoms with van der Waals surface area (Å²) in [6, 6.07) is 7.51. The smallest absolute Gasteiger partial charge is 0.341 e. The molecule has 0 aliphatic rings. The lowest BCUT2D eigenvalue weighted by Crippen LogP contribution is -2.86. The topological polar surface area (TPSA) is 89.1 Å². The highest BCUT2D eigenvalue weighted by Crippen LogP contribution is 2.34. The number of benzene rings is 1. The molecular formula is C20H24ClN2O4S+.